The third kappa shape index (κ3) is 3.12. The summed E-state index contributed by atoms with van der Waals surface area (Å²) in [7, 11) is 0. The van der Waals surface area contributed by atoms with E-state index in [2.05, 4.69) is 6.92 Å². The van der Waals surface area contributed by atoms with Crippen LogP contribution < -0.4 is 4.74 Å². The Labute approximate surface area is 107 Å². The lowest BCUT2D eigenvalue weighted by Gasteiger charge is -2.29. The van der Waals surface area contributed by atoms with Crippen LogP contribution >= 0.6 is 11.6 Å². The van der Waals surface area contributed by atoms with E-state index in [-0.39, 0.29) is 11.9 Å². The van der Waals surface area contributed by atoms with Crippen LogP contribution in [0.3, 0.4) is 0 Å². The molecular formula is C14H18ClFO. The molecule has 0 amide bonds. The Balaban J connectivity index is 2.07. The van der Waals surface area contributed by atoms with Crippen molar-refractivity contribution in [2.75, 3.05) is 0 Å². The minimum absolute atomic E-state index is 0.153. The minimum atomic E-state index is -0.305. The summed E-state index contributed by atoms with van der Waals surface area (Å²) in [6.45, 7) is 2.18. The van der Waals surface area contributed by atoms with Crippen LogP contribution in [-0.2, 0) is 5.88 Å². The molecule has 2 unspecified atom stereocenters. The lowest BCUT2D eigenvalue weighted by Crippen LogP contribution is -2.28. The van der Waals surface area contributed by atoms with Gasteiger partial charge in [0.2, 0.25) is 0 Å². The van der Waals surface area contributed by atoms with Crippen molar-refractivity contribution in [3.63, 3.8) is 0 Å². The summed E-state index contributed by atoms with van der Waals surface area (Å²) in [5.41, 5.74) is 0.785. The zero-order valence-corrected chi connectivity index (χ0v) is 10.8. The molecule has 0 N–H and O–H groups in total. The number of hydrogen-bond acceptors (Lipinski definition) is 1. The van der Waals surface area contributed by atoms with Crippen molar-refractivity contribution in [1.82, 2.24) is 0 Å². The largest absolute Gasteiger partial charge is 0.487 e. The van der Waals surface area contributed by atoms with Crippen LogP contribution in [0.2, 0.25) is 0 Å². The molecule has 1 aromatic carbocycles. The number of ether oxygens (including phenoxy) is 1. The standard InChI is InChI=1S/C14H18ClFO/c1-10-4-2-3-5-13(10)17-14-7-6-11(9-15)8-12(14)16/h6-8,10,13H,2-5,9H2,1H3. The molecule has 1 aromatic rings. The van der Waals surface area contributed by atoms with Crippen molar-refractivity contribution >= 4 is 11.6 Å². The molecule has 1 saturated carbocycles. The smallest absolute Gasteiger partial charge is 0.165 e. The molecule has 1 aliphatic carbocycles. The summed E-state index contributed by atoms with van der Waals surface area (Å²) >= 11 is 5.66. The predicted molar refractivity (Wildman–Crippen MR) is 68.0 cm³/mol. The molecule has 2 rings (SSSR count). The molecule has 0 aromatic heterocycles. The molecule has 17 heavy (non-hydrogen) atoms. The van der Waals surface area contributed by atoms with E-state index in [9.17, 15) is 4.39 Å². The van der Waals surface area contributed by atoms with E-state index in [1.165, 1.54) is 25.3 Å². The van der Waals surface area contributed by atoms with Gasteiger partial charge in [-0.1, -0.05) is 19.4 Å². The van der Waals surface area contributed by atoms with Gasteiger partial charge in [-0.3, -0.25) is 0 Å². The molecule has 1 aliphatic rings. The fraction of sp³-hybridized carbons (Fsp3) is 0.571. The van der Waals surface area contributed by atoms with E-state index in [0.29, 0.717) is 17.5 Å². The molecule has 0 radical (unpaired) electrons. The SMILES string of the molecule is CC1CCCCC1Oc1ccc(CCl)cc1F. The first kappa shape index (κ1) is 12.7. The molecule has 0 spiro atoms. The molecule has 0 aliphatic heterocycles. The second kappa shape index (κ2) is 5.72. The minimum Gasteiger partial charge on any atom is -0.487 e. The van der Waals surface area contributed by atoms with Crippen LogP contribution in [0.25, 0.3) is 0 Å². The van der Waals surface area contributed by atoms with Crippen molar-refractivity contribution in [2.24, 2.45) is 5.92 Å². The number of alkyl halides is 1. The summed E-state index contributed by atoms with van der Waals surface area (Å²) < 4.78 is 19.5. The molecule has 1 nitrogen and oxygen atoms in total. The summed E-state index contributed by atoms with van der Waals surface area (Å²) in [4.78, 5) is 0. The molecule has 0 saturated heterocycles. The Morgan fingerprint density at radius 1 is 1.35 bits per heavy atom. The Morgan fingerprint density at radius 2 is 2.12 bits per heavy atom. The van der Waals surface area contributed by atoms with Gasteiger partial charge in [0.05, 0.1) is 0 Å². The Kier molecular flexibility index (Phi) is 4.27. The van der Waals surface area contributed by atoms with Gasteiger partial charge in [0, 0.05) is 5.88 Å². The average Bonchev–Trinajstić information content (AvgIpc) is 2.34. The van der Waals surface area contributed by atoms with Crippen LogP contribution in [0.1, 0.15) is 38.2 Å². The topological polar surface area (TPSA) is 9.23 Å². The summed E-state index contributed by atoms with van der Waals surface area (Å²) in [6, 6.07) is 4.96. The van der Waals surface area contributed by atoms with Crippen LogP contribution in [0.4, 0.5) is 4.39 Å². The van der Waals surface area contributed by atoms with Crippen molar-refractivity contribution < 1.29 is 9.13 Å². The number of hydrogen-bond donors (Lipinski definition) is 0. The monoisotopic (exact) mass is 256 g/mol. The van der Waals surface area contributed by atoms with E-state index in [4.69, 9.17) is 16.3 Å². The summed E-state index contributed by atoms with van der Waals surface area (Å²) in [5, 5.41) is 0. The quantitative estimate of drug-likeness (QED) is 0.723. The highest BCUT2D eigenvalue weighted by Crippen LogP contribution is 2.29. The molecule has 1 fully saturated rings. The Morgan fingerprint density at radius 3 is 2.76 bits per heavy atom. The molecule has 0 heterocycles. The van der Waals surface area contributed by atoms with Gasteiger partial charge < -0.3 is 4.74 Å². The molecular weight excluding hydrogens is 239 g/mol. The van der Waals surface area contributed by atoms with Crippen molar-refractivity contribution in [2.45, 2.75) is 44.6 Å². The van der Waals surface area contributed by atoms with Gasteiger partial charge in [-0.15, -0.1) is 11.6 Å². The average molecular weight is 257 g/mol. The van der Waals surface area contributed by atoms with Crippen molar-refractivity contribution in [3.8, 4) is 5.75 Å². The van der Waals surface area contributed by atoms with E-state index in [1.807, 2.05) is 6.07 Å². The third-order valence-corrected chi connectivity index (χ3v) is 3.77. The van der Waals surface area contributed by atoms with E-state index < -0.39 is 0 Å². The molecule has 3 heteroatoms. The second-order valence-corrected chi connectivity index (χ2v) is 5.08. The Bertz CT molecular complexity index is 380. The fourth-order valence-corrected chi connectivity index (χ4v) is 2.51. The van der Waals surface area contributed by atoms with E-state index in [1.54, 1.807) is 6.07 Å². The highest BCUT2D eigenvalue weighted by Gasteiger charge is 2.23. The van der Waals surface area contributed by atoms with Gasteiger partial charge in [0.15, 0.2) is 11.6 Å². The maximum Gasteiger partial charge on any atom is 0.165 e. The normalized spacial score (nSPS) is 24.6. The van der Waals surface area contributed by atoms with Crippen LogP contribution in [0.5, 0.6) is 5.75 Å². The zero-order valence-electron chi connectivity index (χ0n) is 10.1. The fourth-order valence-electron chi connectivity index (χ4n) is 2.34. The highest BCUT2D eigenvalue weighted by atomic mass is 35.5. The van der Waals surface area contributed by atoms with Gasteiger partial charge in [-0.25, -0.2) is 4.39 Å². The van der Waals surface area contributed by atoms with Gasteiger partial charge in [0.25, 0.3) is 0 Å². The van der Waals surface area contributed by atoms with E-state index in [0.717, 1.165) is 12.0 Å². The first-order valence-corrected chi connectivity index (χ1v) is 6.75. The molecule has 0 bridgehead atoms. The summed E-state index contributed by atoms with van der Waals surface area (Å²) in [5.74, 6) is 0.895. The van der Waals surface area contributed by atoms with Gasteiger partial charge in [-0.2, -0.15) is 0 Å². The maximum atomic E-state index is 13.7. The number of benzene rings is 1. The Hall–Kier alpha value is -0.760. The van der Waals surface area contributed by atoms with Crippen molar-refractivity contribution in [1.29, 1.82) is 0 Å². The maximum absolute atomic E-state index is 13.7. The zero-order chi connectivity index (χ0) is 12.3. The summed E-state index contributed by atoms with van der Waals surface area (Å²) in [6.07, 6.45) is 4.79. The number of rotatable bonds is 3. The highest BCUT2D eigenvalue weighted by molar-refractivity contribution is 6.17. The lowest BCUT2D eigenvalue weighted by atomic mass is 9.88. The lowest BCUT2D eigenvalue weighted by molar-refractivity contribution is 0.0980. The first-order valence-electron chi connectivity index (χ1n) is 6.21. The number of halogens is 2. The molecule has 94 valence electrons. The van der Waals surface area contributed by atoms with Gasteiger partial charge in [-0.05, 0) is 42.9 Å². The van der Waals surface area contributed by atoms with Gasteiger partial charge in [0.1, 0.15) is 6.10 Å². The van der Waals surface area contributed by atoms with Crippen LogP contribution in [0.15, 0.2) is 18.2 Å². The van der Waals surface area contributed by atoms with Crippen LogP contribution in [0, 0.1) is 11.7 Å². The third-order valence-electron chi connectivity index (χ3n) is 3.46. The van der Waals surface area contributed by atoms with E-state index >= 15 is 0 Å². The molecule has 2 atom stereocenters. The van der Waals surface area contributed by atoms with Crippen molar-refractivity contribution in [3.05, 3.63) is 29.6 Å². The predicted octanol–water partition coefficient (Wildman–Crippen LogP) is 4.52. The van der Waals surface area contributed by atoms with Gasteiger partial charge >= 0.3 is 0 Å². The van der Waals surface area contributed by atoms with Crippen LogP contribution in [-0.4, -0.2) is 6.10 Å². The second-order valence-electron chi connectivity index (χ2n) is 4.82. The first-order chi connectivity index (χ1) is 8.20.